The van der Waals surface area contributed by atoms with Crippen molar-refractivity contribution in [1.29, 1.82) is 0 Å². The summed E-state index contributed by atoms with van der Waals surface area (Å²) in [6, 6.07) is 8.43. The van der Waals surface area contributed by atoms with Crippen molar-refractivity contribution in [2.24, 2.45) is 15.3 Å². The number of halogens is 2. The molecule has 4 aromatic rings. The zero-order valence-corrected chi connectivity index (χ0v) is 35.4. The van der Waals surface area contributed by atoms with E-state index in [9.17, 15) is 45.4 Å². The van der Waals surface area contributed by atoms with Gasteiger partial charge in [0.1, 0.15) is 10.6 Å². The van der Waals surface area contributed by atoms with Crippen molar-refractivity contribution in [2.75, 3.05) is 10.3 Å². The molecule has 245 valence electrons. The van der Waals surface area contributed by atoms with Gasteiger partial charge in [0.25, 0.3) is 32.1 Å². The van der Waals surface area contributed by atoms with E-state index in [0.29, 0.717) is 10.5 Å². The Bertz CT molecular complexity index is 2330. The minimum absolute atomic E-state index is 0. The molecule has 2 heterocycles. The Morgan fingerprint density at radius 2 is 1.52 bits per heavy atom. The maximum absolute atomic E-state index is 13.2. The third kappa shape index (κ3) is 9.73. The summed E-state index contributed by atoms with van der Waals surface area (Å²) in [5.74, 6) is -3.44. The van der Waals surface area contributed by atoms with Crippen LogP contribution in [-0.2, 0) is 29.8 Å². The van der Waals surface area contributed by atoms with Gasteiger partial charge in [-0.1, -0.05) is 23.2 Å². The Morgan fingerprint density at radius 1 is 0.880 bits per heavy atom. The van der Waals surface area contributed by atoms with E-state index in [-0.39, 0.29) is 127 Å². The summed E-state index contributed by atoms with van der Waals surface area (Å²) in [6.45, 7) is 1.37. The normalized spacial score (nSPS) is 14.4. The van der Waals surface area contributed by atoms with Crippen LogP contribution in [-0.4, -0.2) is 159 Å². The number of benzene rings is 3. The predicted octanol–water partition coefficient (Wildman–Crippen LogP) is 2.79. The number of aryl methyl sites for hydroxylation is 1. The van der Waals surface area contributed by atoms with Crippen molar-refractivity contribution < 1.29 is 45.4 Å². The van der Waals surface area contributed by atoms with E-state index >= 15 is 0 Å². The van der Waals surface area contributed by atoms with Gasteiger partial charge in [0, 0.05) is 99.9 Å². The molecule has 2 amide bonds. The first-order valence-corrected chi connectivity index (χ1v) is 16.3. The zero-order valence-electron chi connectivity index (χ0n) is 26.2. The van der Waals surface area contributed by atoms with Crippen LogP contribution in [0.2, 0.25) is 10.3 Å². The van der Waals surface area contributed by atoms with Gasteiger partial charge in [-0.25, -0.2) is 14.8 Å². The molecule has 3 aromatic carbocycles. The number of nitrogens with one attached hydrogen (secondary N) is 1. The summed E-state index contributed by atoms with van der Waals surface area (Å²) < 4.78 is 66.1. The van der Waals surface area contributed by atoms with Crippen molar-refractivity contribution in [3.8, 4) is 0 Å². The minimum Gasteiger partial charge on any atom is -0.477 e. The SMILES string of the molecule is Cc1cc(S(=O)(=O)O)ccc1N1N=C(C(=O)O)C(N=Nc2cc(NC(=O)c3ccc4nc(Cl)c(Cl)nc4c3)ccc2S(=O)(=O)O)C1=O.[Na].[Na].[Na]. The Morgan fingerprint density at radius 3 is 2.10 bits per heavy atom. The van der Waals surface area contributed by atoms with Crippen molar-refractivity contribution in [3.05, 3.63) is 76.0 Å². The molecule has 0 fully saturated rings. The third-order valence-corrected chi connectivity index (χ3v) is 8.82. The van der Waals surface area contributed by atoms with Crippen LogP contribution in [0.3, 0.4) is 0 Å². The molecular weight excluding hydrogens is 774 g/mol. The number of hydrogen-bond acceptors (Lipinski definition) is 12. The second-order valence-corrected chi connectivity index (χ2v) is 13.1. The fourth-order valence-electron chi connectivity index (χ4n) is 4.27. The number of carbonyl (C=O) groups is 3. The molecular formula is C26H17Cl2N7Na3O10S2. The molecule has 4 N–H and O–H groups in total. The number of azo groups is 1. The Labute approximate surface area is 359 Å². The molecule has 50 heavy (non-hydrogen) atoms. The topological polar surface area (TPSA) is 258 Å². The molecule has 17 nitrogen and oxygen atoms in total. The molecule has 24 heteroatoms. The average molecular weight is 791 g/mol. The van der Waals surface area contributed by atoms with Gasteiger partial charge in [-0.15, -0.1) is 0 Å². The summed E-state index contributed by atoms with van der Waals surface area (Å²) in [4.78, 5) is 45.0. The summed E-state index contributed by atoms with van der Waals surface area (Å²) in [5, 5.41) is 23.9. The quantitative estimate of drug-likeness (QED) is 0.114. The Kier molecular flexibility index (Phi) is 15.3. The molecule has 1 aliphatic heterocycles. The van der Waals surface area contributed by atoms with Crippen LogP contribution in [0, 0.1) is 6.92 Å². The molecule has 3 radical (unpaired) electrons. The summed E-state index contributed by atoms with van der Waals surface area (Å²) in [7, 11) is -9.53. The van der Waals surface area contributed by atoms with Gasteiger partial charge >= 0.3 is 5.97 Å². The van der Waals surface area contributed by atoms with Crippen LogP contribution >= 0.6 is 23.2 Å². The van der Waals surface area contributed by atoms with Crippen molar-refractivity contribution in [2.45, 2.75) is 22.8 Å². The van der Waals surface area contributed by atoms with E-state index < -0.39 is 65.3 Å². The molecule has 0 bridgehead atoms. The fraction of sp³-hybridized carbons (Fsp3) is 0.0769. The number of carboxylic acids is 1. The molecule has 5 rings (SSSR count). The fourth-order valence-corrected chi connectivity index (χ4v) is 5.71. The number of anilines is 2. The van der Waals surface area contributed by atoms with Gasteiger partial charge in [0.05, 0.1) is 21.6 Å². The van der Waals surface area contributed by atoms with Gasteiger partial charge in [-0.3, -0.25) is 18.7 Å². The number of amides is 2. The first-order chi connectivity index (χ1) is 21.9. The second kappa shape index (κ2) is 17.3. The number of hydrazone groups is 1. The predicted molar refractivity (Wildman–Crippen MR) is 183 cm³/mol. The van der Waals surface area contributed by atoms with Crippen molar-refractivity contribution in [1.82, 2.24) is 9.97 Å². The Hall–Kier alpha value is -1.92. The number of hydrogen-bond donors (Lipinski definition) is 4. The van der Waals surface area contributed by atoms with Crippen LogP contribution in [0.5, 0.6) is 0 Å². The van der Waals surface area contributed by atoms with E-state index in [2.05, 4.69) is 30.6 Å². The molecule has 1 atom stereocenters. The number of fused-ring (bicyclic) bond motifs is 1. The van der Waals surface area contributed by atoms with E-state index in [1.54, 1.807) is 0 Å². The maximum Gasteiger partial charge on any atom is 0.355 e. The van der Waals surface area contributed by atoms with Crippen LogP contribution in [0.25, 0.3) is 11.0 Å². The summed E-state index contributed by atoms with van der Waals surface area (Å²) in [5.41, 5.74) is -0.695. The monoisotopic (exact) mass is 790 g/mol. The maximum atomic E-state index is 13.2. The molecule has 0 spiro atoms. The van der Waals surface area contributed by atoms with Gasteiger partial charge in [0.2, 0.25) is 6.04 Å². The molecule has 0 saturated heterocycles. The molecule has 1 aliphatic rings. The van der Waals surface area contributed by atoms with Gasteiger partial charge in [-0.2, -0.15) is 37.2 Å². The van der Waals surface area contributed by atoms with Gasteiger partial charge in [-0.05, 0) is 67.1 Å². The standard InChI is InChI=1S/C26H17Cl2N7O10S2.3Na/c1-11-8-14(46(40,41)42)4-6-18(11)35-25(37)20(21(34-35)26(38)39)33-32-17-10-13(3-7-19(17)47(43,44)45)29-24(36)12-2-5-15-16(9-12)31-23(28)22(27)30-15;;;/h2-10,20H,1H3,(H,29,36)(H,38,39)(H,40,41,42)(H,43,44,45);;;. The van der Waals surface area contributed by atoms with Gasteiger partial charge in [0.15, 0.2) is 16.0 Å². The minimum atomic E-state index is -4.94. The summed E-state index contributed by atoms with van der Waals surface area (Å²) in [6.07, 6.45) is 0. The number of carboxylic acid groups (broad SMARTS) is 1. The first kappa shape index (κ1) is 44.2. The number of rotatable bonds is 8. The van der Waals surface area contributed by atoms with E-state index in [1.807, 2.05) is 0 Å². The molecule has 0 saturated carbocycles. The van der Waals surface area contributed by atoms with Crippen LogP contribution in [0.1, 0.15) is 15.9 Å². The number of aliphatic carboxylic acids is 1. The van der Waals surface area contributed by atoms with Crippen LogP contribution in [0.4, 0.5) is 17.1 Å². The molecule has 1 aromatic heterocycles. The first-order valence-electron chi connectivity index (χ1n) is 12.6. The zero-order chi connectivity index (χ0) is 34.4. The average Bonchev–Trinajstić information content (AvgIpc) is 3.31. The summed E-state index contributed by atoms with van der Waals surface area (Å²) >= 11 is 11.8. The largest absolute Gasteiger partial charge is 0.477 e. The third-order valence-electron chi connectivity index (χ3n) is 6.44. The van der Waals surface area contributed by atoms with E-state index in [4.69, 9.17) is 23.2 Å². The molecule has 0 aliphatic carbocycles. The smallest absolute Gasteiger partial charge is 0.355 e. The second-order valence-electron chi connectivity index (χ2n) is 9.60. The van der Waals surface area contributed by atoms with Crippen molar-refractivity contribution in [3.63, 3.8) is 0 Å². The number of carbonyl (C=O) groups excluding carboxylic acids is 2. The number of nitrogens with zero attached hydrogens (tertiary/aromatic N) is 6. The van der Waals surface area contributed by atoms with Gasteiger partial charge < -0.3 is 10.4 Å². The van der Waals surface area contributed by atoms with Crippen LogP contribution in [0.15, 0.2) is 79.7 Å². The van der Waals surface area contributed by atoms with E-state index in [0.717, 1.165) is 36.4 Å². The Balaban J connectivity index is 0.00000289. The van der Waals surface area contributed by atoms with Crippen LogP contribution < -0.4 is 10.3 Å². The van der Waals surface area contributed by atoms with E-state index in [1.165, 1.54) is 25.1 Å². The van der Waals surface area contributed by atoms with Crippen molar-refractivity contribution >= 4 is 184 Å². The number of aromatic nitrogens is 2. The molecule has 1 unspecified atom stereocenters.